The number of carbonyl (C=O) groups excluding carboxylic acids is 1. The molecular weight excluding hydrogens is 262 g/mol. The predicted octanol–water partition coefficient (Wildman–Crippen LogP) is 2.76. The second-order valence-corrected chi connectivity index (χ2v) is 5.16. The van der Waals surface area contributed by atoms with Gasteiger partial charge in [-0.1, -0.05) is 24.3 Å². The van der Waals surface area contributed by atoms with Gasteiger partial charge in [-0.05, 0) is 42.5 Å². The lowest BCUT2D eigenvalue weighted by atomic mass is 9.87. The summed E-state index contributed by atoms with van der Waals surface area (Å²) in [6.45, 7) is 0. The van der Waals surface area contributed by atoms with Crippen molar-refractivity contribution in [2.45, 2.75) is 25.3 Å². The van der Waals surface area contributed by atoms with Crippen LogP contribution in [0, 0.1) is 11.3 Å². The van der Waals surface area contributed by atoms with Crippen LogP contribution in [0.3, 0.4) is 0 Å². The van der Waals surface area contributed by atoms with Crippen molar-refractivity contribution in [1.29, 1.82) is 5.26 Å². The third-order valence-corrected chi connectivity index (χ3v) is 3.80. The normalized spacial score (nSPS) is 16.6. The van der Waals surface area contributed by atoms with E-state index < -0.39 is 0 Å². The number of aryl methyl sites for hydroxylation is 1. The van der Waals surface area contributed by atoms with E-state index in [4.69, 9.17) is 5.26 Å². The number of fused-ring (bicyclic) bond motifs is 1. The van der Waals surface area contributed by atoms with Gasteiger partial charge in [0, 0.05) is 6.20 Å². The predicted molar refractivity (Wildman–Crippen MR) is 78.5 cm³/mol. The summed E-state index contributed by atoms with van der Waals surface area (Å²) in [6.07, 6.45) is 4.50. The van der Waals surface area contributed by atoms with Gasteiger partial charge in [0.2, 0.25) is 0 Å². The van der Waals surface area contributed by atoms with Gasteiger partial charge in [0.15, 0.2) is 0 Å². The van der Waals surface area contributed by atoms with E-state index in [-0.39, 0.29) is 11.9 Å². The van der Waals surface area contributed by atoms with E-state index in [2.05, 4.69) is 22.4 Å². The maximum atomic E-state index is 12.3. The van der Waals surface area contributed by atoms with Crippen LogP contribution in [0.25, 0.3) is 0 Å². The Morgan fingerprint density at radius 2 is 2.14 bits per heavy atom. The lowest BCUT2D eigenvalue weighted by molar-refractivity contribution is 0.0927. The van der Waals surface area contributed by atoms with E-state index in [9.17, 15) is 4.79 Å². The molecule has 1 heterocycles. The van der Waals surface area contributed by atoms with Crippen molar-refractivity contribution in [1.82, 2.24) is 10.3 Å². The quantitative estimate of drug-likeness (QED) is 0.917. The van der Waals surface area contributed by atoms with Crippen LogP contribution in [0.4, 0.5) is 0 Å². The van der Waals surface area contributed by atoms with Gasteiger partial charge in [-0.25, -0.2) is 4.98 Å². The first-order chi connectivity index (χ1) is 10.3. The van der Waals surface area contributed by atoms with Gasteiger partial charge in [0.05, 0.1) is 11.6 Å². The van der Waals surface area contributed by atoms with Gasteiger partial charge in [0.25, 0.3) is 5.91 Å². The molecule has 0 aliphatic heterocycles. The Kier molecular flexibility index (Phi) is 3.65. The Bertz CT molecular complexity index is 701. The van der Waals surface area contributed by atoms with Crippen molar-refractivity contribution in [2.24, 2.45) is 0 Å². The summed E-state index contributed by atoms with van der Waals surface area (Å²) < 4.78 is 0. The number of amides is 1. The van der Waals surface area contributed by atoms with E-state index in [1.165, 1.54) is 17.3 Å². The van der Waals surface area contributed by atoms with Crippen molar-refractivity contribution < 1.29 is 4.79 Å². The van der Waals surface area contributed by atoms with Gasteiger partial charge in [-0.15, -0.1) is 0 Å². The molecule has 0 saturated carbocycles. The summed E-state index contributed by atoms with van der Waals surface area (Å²) >= 11 is 0. The molecule has 0 radical (unpaired) electrons. The minimum atomic E-state index is -0.193. The highest BCUT2D eigenvalue weighted by molar-refractivity contribution is 5.92. The molecule has 1 aliphatic carbocycles. The van der Waals surface area contributed by atoms with E-state index in [1.54, 1.807) is 12.1 Å². The first kappa shape index (κ1) is 13.3. The number of nitrogens with zero attached hydrogens (tertiary/aromatic N) is 2. The minimum absolute atomic E-state index is 0.0416. The van der Waals surface area contributed by atoms with Crippen LogP contribution in [0.5, 0.6) is 0 Å². The van der Waals surface area contributed by atoms with Crippen molar-refractivity contribution >= 4 is 5.91 Å². The zero-order valence-electron chi connectivity index (χ0n) is 11.5. The molecule has 4 heteroatoms. The molecule has 0 saturated heterocycles. The maximum Gasteiger partial charge on any atom is 0.270 e. The molecule has 1 atom stereocenters. The van der Waals surface area contributed by atoms with Crippen LogP contribution in [0.2, 0.25) is 0 Å². The van der Waals surface area contributed by atoms with Crippen molar-refractivity contribution in [3.63, 3.8) is 0 Å². The number of rotatable bonds is 2. The zero-order chi connectivity index (χ0) is 14.7. The van der Waals surface area contributed by atoms with Crippen molar-refractivity contribution in [2.75, 3.05) is 0 Å². The fourth-order valence-electron chi connectivity index (χ4n) is 2.73. The molecule has 3 rings (SSSR count). The molecule has 21 heavy (non-hydrogen) atoms. The minimum Gasteiger partial charge on any atom is -0.344 e. The smallest absolute Gasteiger partial charge is 0.270 e. The molecule has 1 unspecified atom stereocenters. The number of carbonyl (C=O) groups is 1. The Morgan fingerprint density at radius 1 is 1.29 bits per heavy atom. The number of aromatic nitrogens is 1. The molecule has 1 aromatic heterocycles. The lowest BCUT2D eigenvalue weighted by Crippen LogP contribution is -2.31. The summed E-state index contributed by atoms with van der Waals surface area (Å²) in [7, 11) is 0. The first-order valence-corrected chi connectivity index (χ1v) is 7.03. The molecule has 1 aromatic carbocycles. The molecule has 0 spiro atoms. The fraction of sp³-hybridized carbons (Fsp3) is 0.235. The number of benzene rings is 1. The molecule has 1 aliphatic rings. The van der Waals surface area contributed by atoms with Crippen LogP contribution in [0.15, 0.2) is 42.6 Å². The highest BCUT2D eigenvalue weighted by Gasteiger charge is 2.22. The summed E-state index contributed by atoms with van der Waals surface area (Å²) in [5.74, 6) is -0.193. The highest BCUT2D eigenvalue weighted by atomic mass is 16.1. The zero-order valence-corrected chi connectivity index (χ0v) is 11.5. The van der Waals surface area contributed by atoms with E-state index >= 15 is 0 Å². The molecule has 1 N–H and O–H groups in total. The summed E-state index contributed by atoms with van der Waals surface area (Å²) in [5, 5.41) is 11.8. The van der Waals surface area contributed by atoms with Gasteiger partial charge in [-0.3, -0.25) is 4.79 Å². The Hall–Kier alpha value is -2.67. The average molecular weight is 277 g/mol. The van der Waals surface area contributed by atoms with E-state index in [0.717, 1.165) is 19.3 Å². The van der Waals surface area contributed by atoms with Gasteiger partial charge < -0.3 is 5.32 Å². The second-order valence-electron chi connectivity index (χ2n) is 5.16. The third-order valence-electron chi connectivity index (χ3n) is 3.80. The maximum absolute atomic E-state index is 12.3. The number of hydrogen-bond acceptors (Lipinski definition) is 3. The van der Waals surface area contributed by atoms with Crippen molar-refractivity contribution in [3.8, 4) is 6.07 Å². The first-order valence-electron chi connectivity index (χ1n) is 7.03. The Labute approximate surface area is 123 Å². The van der Waals surface area contributed by atoms with Gasteiger partial charge in [0.1, 0.15) is 11.8 Å². The van der Waals surface area contributed by atoms with Gasteiger partial charge >= 0.3 is 0 Å². The second kappa shape index (κ2) is 5.76. The highest BCUT2D eigenvalue weighted by Crippen LogP contribution is 2.29. The third kappa shape index (κ3) is 2.77. The number of hydrogen-bond donors (Lipinski definition) is 1. The molecule has 0 fully saturated rings. The molecule has 104 valence electrons. The summed E-state index contributed by atoms with van der Waals surface area (Å²) in [5.41, 5.74) is 3.30. The Morgan fingerprint density at radius 3 is 2.90 bits per heavy atom. The topological polar surface area (TPSA) is 65.8 Å². The van der Waals surface area contributed by atoms with Crippen LogP contribution in [-0.2, 0) is 6.42 Å². The number of pyridine rings is 1. The monoisotopic (exact) mass is 277 g/mol. The largest absolute Gasteiger partial charge is 0.344 e. The lowest BCUT2D eigenvalue weighted by Gasteiger charge is -2.26. The number of nitrogens with one attached hydrogen (secondary N) is 1. The number of nitriles is 1. The van der Waals surface area contributed by atoms with E-state index in [1.807, 2.05) is 18.2 Å². The summed E-state index contributed by atoms with van der Waals surface area (Å²) in [6, 6.07) is 13.5. The SMILES string of the molecule is N#Cc1ccc(C(=O)NC2CCCc3ccccc32)nc1. The van der Waals surface area contributed by atoms with Crippen LogP contribution < -0.4 is 5.32 Å². The fourth-order valence-corrected chi connectivity index (χ4v) is 2.73. The molecule has 4 nitrogen and oxygen atoms in total. The average Bonchev–Trinajstić information content (AvgIpc) is 2.55. The van der Waals surface area contributed by atoms with Crippen LogP contribution >= 0.6 is 0 Å². The summed E-state index contributed by atoms with van der Waals surface area (Å²) in [4.78, 5) is 16.3. The molecule has 2 aromatic rings. The molecule has 1 amide bonds. The molecular formula is C17H15N3O. The van der Waals surface area contributed by atoms with Crippen LogP contribution in [-0.4, -0.2) is 10.9 Å². The van der Waals surface area contributed by atoms with Gasteiger partial charge in [-0.2, -0.15) is 5.26 Å². The van der Waals surface area contributed by atoms with Crippen LogP contribution in [0.1, 0.15) is 46.1 Å². The standard InChI is InChI=1S/C17H15N3O/c18-10-12-8-9-16(19-11-12)17(21)20-15-7-3-5-13-4-1-2-6-14(13)15/h1-2,4,6,8-9,11,15H,3,5,7H2,(H,20,21). The van der Waals surface area contributed by atoms with Crippen molar-refractivity contribution in [3.05, 3.63) is 65.0 Å². The van der Waals surface area contributed by atoms with E-state index in [0.29, 0.717) is 11.3 Å². The Balaban J connectivity index is 1.78. The molecule has 0 bridgehead atoms.